The lowest BCUT2D eigenvalue weighted by Crippen LogP contribution is -2.11. The molecule has 98 valence electrons. The summed E-state index contributed by atoms with van der Waals surface area (Å²) in [6.45, 7) is 4.53. The predicted octanol–water partition coefficient (Wildman–Crippen LogP) is 2.85. The molecule has 1 rings (SSSR count). The molecule has 18 heavy (non-hydrogen) atoms. The van der Waals surface area contributed by atoms with Crippen molar-refractivity contribution in [2.75, 3.05) is 13.2 Å². The number of benzene rings is 1. The summed E-state index contributed by atoms with van der Waals surface area (Å²) in [5.41, 5.74) is -0.723. The van der Waals surface area contributed by atoms with E-state index in [1.807, 2.05) is 0 Å². The van der Waals surface area contributed by atoms with E-state index >= 15 is 0 Å². The Bertz CT molecular complexity index is 472. The average molecular weight is 260 g/mol. The third-order valence-corrected chi connectivity index (χ3v) is 1.96. The summed E-state index contributed by atoms with van der Waals surface area (Å²) in [6.07, 6.45) is 1.26. The second-order valence-corrected chi connectivity index (χ2v) is 3.18. The van der Waals surface area contributed by atoms with Crippen molar-refractivity contribution in [1.82, 2.24) is 0 Å². The van der Waals surface area contributed by atoms with Gasteiger partial charge in [0.15, 0.2) is 17.4 Å². The Morgan fingerprint density at radius 3 is 2.61 bits per heavy atom. The minimum absolute atomic E-state index is 0.0710. The van der Waals surface area contributed by atoms with Gasteiger partial charge in [-0.1, -0.05) is 12.7 Å². The molecule has 0 bridgehead atoms. The topological polar surface area (TPSA) is 35.5 Å². The Morgan fingerprint density at radius 2 is 2.06 bits per heavy atom. The standard InChI is InChI=1S/C12H11F3O3/c1-3-5-18-12(16)7-6-8(13)10(15)11(9(7)14)17-4-2/h3,6H,1,4-5H2,2H3. The molecule has 0 saturated carbocycles. The first-order valence-corrected chi connectivity index (χ1v) is 5.11. The average Bonchev–Trinajstić information content (AvgIpc) is 2.36. The highest BCUT2D eigenvalue weighted by Crippen LogP contribution is 2.27. The zero-order valence-electron chi connectivity index (χ0n) is 9.63. The van der Waals surface area contributed by atoms with Crippen LogP contribution in [0.4, 0.5) is 13.2 Å². The number of esters is 1. The number of hydrogen-bond acceptors (Lipinski definition) is 3. The molecular weight excluding hydrogens is 249 g/mol. The van der Waals surface area contributed by atoms with Gasteiger partial charge in [-0.3, -0.25) is 0 Å². The first-order valence-electron chi connectivity index (χ1n) is 5.11. The van der Waals surface area contributed by atoms with Crippen molar-refractivity contribution < 1.29 is 27.4 Å². The summed E-state index contributed by atoms with van der Waals surface area (Å²) in [7, 11) is 0. The first-order chi connectivity index (χ1) is 8.52. The third kappa shape index (κ3) is 2.82. The molecular formula is C12H11F3O3. The van der Waals surface area contributed by atoms with E-state index in [0.29, 0.717) is 6.07 Å². The molecule has 0 atom stereocenters. The molecule has 0 N–H and O–H groups in total. The van der Waals surface area contributed by atoms with Gasteiger partial charge in [-0.2, -0.15) is 4.39 Å². The van der Waals surface area contributed by atoms with Crippen molar-refractivity contribution in [2.24, 2.45) is 0 Å². The molecule has 0 aliphatic carbocycles. The molecule has 1 aromatic carbocycles. The summed E-state index contributed by atoms with van der Waals surface area (Å²) in [6, 6.07) is 0.429. The van der Waals surface area contributed by atoms with Crippen LogP contribution >= 0.6 is 0 Å². The lowest BCUT2D eigenvalue weighted by atomic mass is 10.2. The van der Waals surface area contributed by atoms with Crippen LogP contribution in [0.1, 0.15) is 17.3 Å². The molecule has 0 radical (unpaired) electrons. The van der Waals surface area contributed by atoms with Gasteiger partial charge < -0.3 is 9.47 Å². The lowest BCUT2D eigenvalue weighted by molar-refractivity contribution is 0.0542. The Hall–Kier alpha value is -1.98. The molecule has 3 nitrogen and oxygen atoms in total. The summed E-state index contributed by atoms with van der Waals surface area (Å²) in [5.74, 6) is -6.19. The highest BCUT2D eigenvalue weighted by atomic mass is 19.2. The number of ether oxygens (including phenoxy) is 2. The monoisotopic (exact) mass is 260 g/mol. The Labute approximate surface area is 102 Å². The van der Waals surface area contributed by atoms with E-state index in [-0.39, 0.29) is 13.2 Å². The maximum Gasteiger partial charge on any atom is 0.341 e. The molecule has 0 heterocycles. The van der Waals surface area contributed by atoms with Crippen LogP contribution in [-0.4, -0.2) is 19.2 Å². The molecule has 0 aromatic heterocycles. The molecule has 0 amide bonds. The van der Waals surface area contributed by atoms with E-state index in [9.17, 15) is 18.0 Å². The van der Waals surface area contributed by atoms with E-state index in [1.165, 1.54) is 13.0 Å². The van der Waals surface area contributed by atoms with E-state index in [0.717, 1.165) is 0 Å². The van der Waals surface area contributed by atoms with Gasteiger partial charge >= 0.3 is 5.97 Å². The van der Waals surface area contributed by atoms with E-state index in [1.54, 1.807) is 0 Å². The molecule has 0 saturated heterocycles. The van der Waals surface area contributed by atoms with Crippen LogP contribution < -0.4 is 4.74 Å². The van der Waals surface area contributed by atoms with Crippen molar-refractivity contribution in [3.8, 4) is 5.75 Å². The van der Waals surface area contributed by atoms with Gasteiger partial charge in [0.1, 0.15) is 12.2 Å². The van der Waals surface area contributed by atoms with Gasteiger partial charge in [0.05, 0.1) is 6.61 Å². The van der Waals surface area contributed by atoms with Crippen LogP contribution in [-0.2, 0) is 4.74 Å². The molecule has 0 spiro atoms. The predicted molar refractivity (Wildman–Crippen MR) is 58.0 cm³/mol. The van der Waals surface area contributed by atoms with Crippen molar-refractivity contribution in [1.29, 1.82) is 0 Å². The highest BCUT2D eigenvalue weighted by molar-refractivity contribution is 5.90. The van der Waals surface area contributed by atoms with Gasteiger partial charge in [0, 0.05) is 0 Å². The highest BCUT2D eigenvalue weighted by Gasteiger charge is 2.24. The summed E-state index contributed by atoms with van der Waals surface area (Å²) in [4.78, 5) is 11.4. The lowest BCUT2D eigenvalue weighted by Gasteiger charge is -2.10. The molecule has 0 aliphatic rings. The fraction of sp³-hybridized carbons (Fsp3) is 0.250. The van der Waals surface area contributed by atoms with Crippen LogP contribution in [0.15, 0.2) is 18.7 Å². The largest absolute Gasteiger partial charge is 0.488 e. The van der Waals surface area contributed by atoms with Crippen LogP contribution in [0, 0.1) is 17.5 Å². The van der Waals surface area contributed by atoms with Gasteiger partial charge in [0.2, 0.25) is 5.82 Å². The second kappa shape index (κ2) is 6.09. The van der Waals surface area contributed by atoms with Crippen LogP contribution in [0.5, 0.6) is 5.75 Å². The molecule has 6 heteroatoms. The van der Waals surface area contributed by atoms with Crippen molar-refractivity contribution in [2.45, 2.75) is 6.92 Å². The fourth-order valence-electron chi connectivity index (χ4n) is 1.21. The summed E-state index contributed by atoms with van der Waals surface area (Å²) >= 11 is 0. The van der Waals surface area contributed by atoms with E-state index < -0.39 is 34.7 Å². The quantitative estimate of drug-likeness (QED) is 0.464. The summed E-state index contributed by atoms with van der Waals surface area (Å²) in [5, 5.41) is 0. The number of halogens is 3. The zero-order chi connectivity index (χ0) is 13.7. The van der Waals surface area contributed by atoms with Gasteiger partial charge in [-0.05, 0) is 13.0 Å². The Kier molecular flexibility index (Phi) is 4.76. The van der Waals surface area contributed by atoms with Gasteiger partial charge in [0.25, 0.3) is 0 Å². The van der Waals surface area contributed by atoms with Crippen LogP contribution in [0.2, 0.25) is 0 Å². The zero-order valence-corrected chi connectivity index (χ0v) is 9.63. The minimum Gasteiger partial charge on any atom is -0.488 e. The fourth-order valence-corrected chi connectivity index (χ4v) is 1.21. The number of carbonyl (C=O) groups is 1. The number of hydrogen-bond donors (Lipinski definition) is 0. The van der Waals surface area contributed by atoms with Crippen LogP contribution in [0.3, 0.4) is 0 Å². The Balaban J connectivity index is 3.20. The van der Waals surface area contributed by atoms with Crippen molar-refractivity contribution in [3.05, 3.63) is 41.7 Å². The maximum absolute atomic E-state index is 13.7. The Morgan fingerprint density at radius 1 is 1.39 bits per heavy atom. The smallest absolute Gasteiger partial charge is 0.341 e. The third-order valence-electron chi connectivity index (χ3n) is 1.96. The normalized spacial score (nSPS) is 10.0. The number of rotatable bonds is 5. The first kappa shape index (κ1) is 14.1. The molecule has 0 fully saturated rings. The van der Waals surface area contributed by atoms with E-state index in [2.05, 4.69) is 16.1 Å². The molecule has 0 unspecified atom stereocenters. The van der Waals surface area contributed by atoms with Crippen molar-refractivity contribution >= 4 is 5.97 Å². The van der Waals surface area contributed by atoms with E-state index in [4.69, 9.17) is 0 Å². The minimum atomic E-state index is -1.48. The van der Waals surface area contributed by atoms with Gasteiger partial charge in [-0.15, -0.1) is 0 Å². The van der Waals surface area contributed by atoms with Crippen molar-refractivity contribution in [3.63, 3.8) is 0 Å². The maximum atomic E-state index is 13.7. The molecule has 0 aliphatic heterocycles. The number of carbonyl (C=O) groups excluding carboxylic acids is 1. The summed E-state index contributed by atoms with van der Waals surface area (Å²) < 4.78 is 49.3. The molecule has 1 aromatic rings. The van der Waals surface area contributed by atoms with Crippen LogP contribution in [0.25, 0.3) is 0 Å². The second-order valence-electron chi connectivity index (χ2n) is 3.18. The SMILES string of the molecule is C=CCOC(=O)c1cc(F)c(F)c(OCC)c1F. The van der Waals surface area contributed by atoms with Gasteiger partial charge in [-0.25, -0.2) is 13.6 Å².